The first-order chi connectivity index (χ1) is 15.4. The lowest BCUT2D eigenvalue weighted by Crippen LogP contribution is -2.57. The van der Waals surface area contributed by atoms with Gasteiger partial charge in [-0.25, -0.2) is 4.79 Å². The fourth-order valence-electron chi connectivity index (χ4n) is 2.66. The molecule has 0 saturated heterocycles. The summed E-state index contributed by atoms with van der Waals surface area (Å²) in [4.78, 5) is 70.5. The molecule has 0 radical (unpaired) electrons. The molecule has 33 heavy (non-hydrogen) atoms. The molecule has 0 spiro atoms. The third-order valence-corrected chi connectivity index (χ3v) is 4.24. The highest BCUT2D eigenvalue weighted by Crippen LogP contribution is 2.12. The van der Waals surface area contributed by atoms with Crippen molar-refractivity contribution in [3.05, 3.63) is 29.8 Å². The van der Waals surface area contributed by atoms with Gasteiger partial charge in [0.15, 0.2) is 0 Å². The molecular formula is C19H25N5O9. The van der Waals surface area contributed by atoms with E-state index in [1.54, 1.807) is 0 Å². The number of aliphatic carboxylic acids is 2. The zero-order valence-electron chi connectivity index (χ0n) is 17.3. The number of nitrogens with one attached hydrogen (secondary N) is 3. The van der Waals surface area contributed by atoms with Crippen LogP contribution in [0, 0.1) is 0 Å². The van der Waals surface area contributed by atoms with Gasteiger partial charge in [0.25, 0.3) is 0 Å². The molecule has 10 N–H and O–H groups in total. The van der Waals surface area contributed by atoms with Crippen molar-refractivity contribution in [1.82, 2.24) is 16.0 Å². The molecule has 0 aliphatic carbocycles. The number of benzene rings is 1. The molecule has 0 aliphatic rings. The molecule has 1 aromatic rings. The van der Waals surface area contributed by atoms with Gasteiger partial charge in [-0.3, -0.25) is 24.0 Å². The summed E-state index contributed by atoms with van der Waals surface area (Å²) >= 11 is 0. The number of carboxylic acids is 2. The number of primary amides is 1. The van der Waals surface area contributed by atoms with E-state index in [-0.39, 0.29) is 12.2 Å². The lowest BCUT2D eigenvalue weighted by atomic mass is 10.0. The minimum atomic E-state index is -1.65. The van der Waals surface area contributed by atoms with Crippen LogP contribution in [-0.4, -0.2) is 75.6 Å². The number of amides is 4. The molecule has 0 fully saturated rings. The smallest absolute Gasteiger partial charge is 0.326 e. The zero-order valence-corrected chi connectivity index (χ0v) is 17.3. The van der Waals surface area contributed by atoms with Crippen molar-refractivity contribution in [1.29, 1.82) is 0 Å². The molecule has 4 amide bonds. The molecule has 0 aromatic heterocycles. The highest BCUT2D eigenvalue weighted by atomic mass is 16.4. The second kappa shape index (κ2) is 12.6. The molecule has 3 unspecified atom stereocenters. The Morgan fingerprint density at radius 1 is 0.818 bits per heavy atom. The van der Waals surface area contributed by atoms with Crippen LogP contribution in [0.4, 0.5) is 0 Å². The summed E-state index contributed by atoms with van der Waals surface area (Å²) in [5, 5.41) is 34.0. The number of hydrogen-bond acceptors (Lipinski definition) is 8. The molecule has 0 bridgehead atoms. The topological polar surface area (TPSA) is 251 Å². The van der Waals surface area contributed by atoms with Crippen LogP contribution in [-0.2, 0) is 35.2 Å². The molecule has 14 nitrogen and oxygen atoms in total. The van der Waals surface area contributed by atoms with E-state index in [9.17, 15) is 39.0 Å². The van der Waals surface area contributed by atoms with E-state index in [0.29, 0.717) is 5.56 Å². The van der Waals surface area contributed by atoms with Crippen molar-refractivity contribution in [2.24, 2.45) is 11.5 Å². The van der Waals surface area contributed by atoms with Crippen molar-refractivity contribution >= 4 is 35.6 Å². The lowest BCUT2D eigenvalue weighted by Gasteiger charge is -2.23. The average molecular weight is 467 g/mol. The third kappa shape index (κ3) is 9.65. The predicted molar refractivity (Wildman–Crippen MR) is 110 cm³/mol. The first kappa shape index (κ1) is 26.8. The monoisotopic (exact) mass is 467 g/mol. The Kier molecular flexibility index (Phi) is 10.3. The van der Waals surface area contributed by atoms with E-state index in [4.69, 9.17) is 16.6 Å². The number of nitrogens with two attached hydrogens (primary N) is 2. The van der Waals surface area contributed by atoms with Gasteiger partial charge in [-0.05, 0) is 17.7 Å². The van der Waals surface area contributed by atoms with Gasteiger partial charge in [0.1, 0.15) is 23.9 Å². The van der Waals surface area contributed by atoms with Gasteiger partial charge in [0.2, 0.25) is 23.6 Å². The van der Waals surface area contributed by atoms with Crippen LogP contribution in [0.3, 0.4) is 0 Å². The minimum Gasteiger partial charge on any atom is -0.508 e. The van der Waals surface area contributed by atoms with Crippen molar-refractivity contribution in [3.63, 3.8) is 0 Å². The van der Waals surface area contributed by atoms with Gasteiger partial charge in [0.05, 0.1) is 19.4 Å². The highest BCUT2D eigenvalue weighted by molar-refractivity contribution is 5.96. The maximum absolute atomic E-state index is 12.6. The Hall–Kier alpha value is -4.20. The number of aromatic hydroxyl groups is 1. The van der Waals surface area contributed by atoms with Crippen molar-refractivity contribution in [2.75, 3.05) is 6.54 Å². The molecule has 0 aliphatic heterocycles. The summed E-state index contributed by atoms with van der Waals surface area (Å²) in [7, 11) is 0. The van der Waals surface area contributed by atoms with E-state index in [1.807, 2.05) is 0 Å². The Morgan fingerprint density at radius 2 is 1.33 bits per heavy atom. The Balaban J connectivity index is 2.99. The molecule has 0 heterocycles. The van der Waals surface area contributed by atoms with Crippen LogP contribution in [0.1, 0.15) is 18.4 Å². The second-order valence-electron chi connectivity index (χ2n) is 6.92. The maximum Gasteiger partial charge on any atom is 0.326 e. The van der Waals surface area contributed by atoms with Gasteiger partial charge in [0, 0.05) is 6.42 Å². The van der Waals surface area contributed by atoms with Gasteiger partial charge in [-0.2, -0.15) is 0 Å². The molecule has 180 valence electrons. The van der Waals surface area contributed by atoms with Crippen LogP contribution in [0.25, 0.3) is 0 Å². The summed E-state index contributed by atoms with van der Waals surface area (Å²) in [5.41, 5.74) is 10.7. The molecule has 0 saturated carbocycles. The lowest BCUT2D eigenvalue weighted by molar-refractivity contribution is -0.143. The van der Waals surface area contributed by atoms with Crippen LogP contribution in [0.2, 0.25) is 0 Å². The number of phenolic OH excluding ortho intramolecular Hbond substituents is 1. The van der Waals surface area contributed by atoms with Crippen LogP contribution < -0.4 is 27.4 Å². The number of carboxylic acid groups (broad SMARTS) is 2. The fourth-order valence-corrected chi connectivity index (χ4v) is 2.66. The van der Waals surface area contributed by atoms with Crippen LogP contribution >= 0.6 is 0 Å². The fraction of sp³-hybridized carbons (Fsp3) is 0.368. The van der Waals surface area contributed by atoms with E-state index >= 15 is 0 Å². The van der Waals surface area contributed by atoms with Crippen molar-refractivity contribution in [2.45, 2.75) is 37.4 Å². The summed E-state index contributed by atoms with van der Waals surface area (Å²) in [6.45, 7) is -0.536. The predicted octanol–water partition coefficient (Wildman–Crippen LogP) is -3.22. The van der Waals surface area contributed by atoms with Gasteiger partial charge in [-0.1, -0.05) is 12.1 Å². The Labute approximate surface area is 187 Å². The highest BCUT2D eigenvalue weighted by Gasteiger charge is 2.31. The van der Waals surface area contributed by atoms with Crippen molar-refractivity contribution in [3.8, 4) is 5.75 Å². The van der Waals surface area contributed by atoms with E-state index in [1.165, 1.54) is 24.3 Å². The summed E-state index contributed by atoms with van der Waals surface area (Å²) in [6.07, 6.45) is -1.76. The number of phenols is 1. The molecular weight excluding hydrogens is 442 g/mol. The molecule has 14 heteroatoms. The molecule has 1 rings (SSSR count). The van der Waals surface area contributed by atoms with Gasteiger partial charge >= 0.3 is 11.9 Å². The summed E-state index contributed by atoms with van der Waals surface area (Å²) < 4.78 is 0. The molecule has 3 atom stereocenters. The molecule has 1 aromatic carbocycles. The Bertz CT molecular complexity index is 903. The minimum absolute atomic E-state index is 0.0449. The third-order valence-electron chi connectivity index (χ3n) is 4.24. The van der Waals surface area contributed by atoms with Gasteiger partial charge in [-0.15, -0.1) is 0 Å². The first-order valence-electron chi connectivity index (χ1n) is 9.53. The SMILES string of the molecule is NCC(=O)NC(CC(=O)O)C(=O)NC(CC(N)=O)C(=O)NC(Cc1ccc(O)cc1)C(=O)O. The number of carbonyl (C=O) groups excluding carboxylic acids is 4. The number of carbonyl (C=O) groups is 6. The van der Waals surface area contributed by atoms with Crippen molar-refractivity contribution < 1.29 is 44.1 Å². The van der Waals surface area contributed by atoms with E-state index in [2.05, 4.69) is 16.0 Å². The number of hydrogen-bond donors (Lipinski definition) is 8. The largest absolute Gasteiger partial charge is 0.508 e. The normalized spacial score (nSPS) is 13.1. The Morgan fingerprint density at radius 3 is 1.79 bits per heavy atom. The zero-order chi connectivity index (χ0) is 25.1. The quantitative estimate of drug-likeness (QED) is 0.144. The second-order valence-corrected chi connectivity index (χ2v) is 6.92. The van der Waals surface area contributed by atoms with Crippen LogP contribution in [0.5, 0.6) is 5.75 Å². The summed E-state index contributed by atoms with van der Waals surface area (Å²) in [5.74, 6) is -6.95. The van der Waals surface area contributed by atoms with E-state index < -0.39 is 73.1 Å². The number of rotatable bonds is 13. The first-order valence-corrected chi connectivity index (χ1v) is 9.53. The standard InChI is InChI=1S/C19H25N5O9/c20-8-15(27)22-12(7-16(28)29)18(31)23-11(6-14(21)26)17(30)24-13(19(32)33)5-9-1-3-10(25)4-2-9/h1-4,11-13,25H,5-8,20H2,(H2,21,26)(H,22,27)(H,23,31)(H,24,30)(H,28,29)(H,32,33). The van der Waals surface area contributed by atoms with Crippen LogP contribution in [0.15, 0.2) is 24.3 Å². The van der Waals surface area contributed by atoms with Gasteiger partial charge < -0.3 is 42.7 Å². The summed E-state index contributed by atoms with van der Waals surface area (Å²) in [6, 6.07) is 0.792. The average Bonchev–Trinajstić information content (AvgIpc) is 2.72. The van der Waals surface area contributed by atoms with E-state index in [0.717, 1.165) is 0 Å². The maximum atomic E-state index is 12.6.